The first-order valence-electron chi connectivity index (χ1n) is 9.62. The van der Waals surface area contributed by atoms with Gasteiger partial charge in [-0.25, -0.2) is 8.42 Å². The maximum absolute atomic E-state index is 12.7. The van der Waals surface area contributed by atoms with Crippen LogP contribution in [0.15, 0.2) is 53.1 Å². The first kappa shape index (κ1) is 20.2. The number of carbonyl (C=O) groups is 1. The Kier molecular flexibility index (Phi) is 5.65. The number of benzene rings is 2. The van der Waals surface area contributed by atoms with E-state index in [9.17, 15) is 13.2 Å². The summed E-state index contributed by atoms with van der Waals surface area (Å²) < 4.78 is 28.1. The van der Waals surface area contributed by atoms with E-state index in [1.807, 2.05) is 30.3 Å². The first-order valence-corrected chi connectivity index (χ1v) is 11.4. The molecule has 0 unspecified atom stereocenters. The molecule has 2 aromatic carbocycles. The quantitative estimate of drug-likeness (QED) is 0.668. The summed E-state index contributed by atoms with van der Waals surface area (Å²) in [6.45, 7) is 3.39. The van der Waals surface area contributed by atoms with Crippen LogP contribution in [0, 0.1) is 6.92 Å². The average molecular weight is 426 g/mol. The van der Waals surface area contributed by atoms with Crippen molar-refractivity contribution in [2.45, 2.75) is 13.5 Å². The number of hydrogen-bond donors (Lipinski definition) is 1. The van der Waals surface area contributed by atoms with Crippen LogP contribution in [0.3, 0.4) is 0 Å². The van der Waals surface area contributed by atoms with E-state index in [2.05, 4.69) is 20.4 Å². The molecule has 1 aliphatic heterocycles. The lowest BCUT2D eigenvalue weighted by molar-refractivity contribution is 0.102. The number of anilines is 1. The molecule has 3 aromatic rings. The molecule has 156 valence electrons. The lowest BCUT2D eigenvalue weighted by Crippen LogP contribution is -2.39. The van der Waals surface area contributed by atoms with Gasteiger partial charge in [-0.3, -0.25) is 9.69 Å². The maximum Gasteiger partial charge on any atom is 0.255 e. The fourth-order valence-electron chi connectivity index (χ4n) is 3.30. The molecule has 1 aliphatic rings. The van der Waals surface area contributed by atoms with Crippen molar-refractivity contribution in [3.8, 4) is 11.4 Å². The third-order valence-corrected chi connectivity index (χ3v) is 6.57. The van der Waals surface area contributed by atoms with Gasteiger partial charge in [-0.2, -0.15) is 4.98 Å². The highest BCUT2D eigenvalue weighted by Crippen LogP contribution is 2.19. The van der Waals surface area contributed by atoms with E-state index in [4.69, 9.17) is 4.52 Å². The molecule has 0 bridgehead atoms. The fourth-order valence-corrected chi connectivity index (χ4v) is 4.58. The molecule has 1 N–H and O–H groups in total. The highest BCUT2D eigenvalue weighted by atomic mass is 32.2. The van der Waals surface area contributed by atoms with Gasteiger partial charge in [0.05, 0.1) is 11.5 Å². The summed E-state index contributed by atoms with van der Waals surface area (Å²) in [4.78, 5) is 18.9. The number of rotatable bonds is 5. The van der Waals surface area contributed by atoms with E-state index in [-0.39, 0.29) is 17.4 Å². The Morgan fingerprint density at radius 1 is 1.13 bits per heavy atom. The Bertz CT molecular complexity index is 1140. The van der Waals surface area contributed by atoms with Crippen LogP contribution in [0.4, 0.5) is 5.69 Å². The van der Waals surface area contributed by atoms with Crippen molar-refractivity contribution in [2.24, 2.45) is 0 Å². The zero-order valence-corrected chi connectivity index (χ0v) is 17.4. The van der Waals surface area contributed by atoms with Crippen molar-refractivity contribution < 1.29 is 17.7 Å². The van der Waals surface area contributed by atoms with Gasteiger partial charge < -0.3 is 9.84 Å². The first-order chi connectivity index (χ1) is 14.4. The number of aryl methyl sites for hydroxylation is 1. The fraction of sp³-hybridized carbons (Fsp3) is 0.286. The zero-order chi connectivity index (χ0) is 21.1. The van der Waals surface area contributed by atoms with E-state index in [1.54, 1.807) is 25.1 Å². The molecule has 0 radical (unpaired) electrons. The SMILES string of the molecule is Cc1nc(-c2ccc(NC(=O)c3cccc(CN4CCS(=O)(=O)CC4)c3)cc2)no1. The predicted octanol–water partition coefficient (Wildman–Crippen LogP) is 2.53. The van der Waals surface area contributed by atoms with Gasteiger partial charge in [-0.05, 0) is 42.0 Å². The van der Waals surface area contributed by atoms with Crippen molar-refractivity contribution in [3.05, 3.63) is 65.5 Å². The molecule has 9 heteroatoms. The highest BCUT2D eigenvalue weighted by molar-refractivity contribution is 7.91. The largest absolute Gasteiger partial charge is 0.339 e. The second kappa shape index (κ2) is 8.37. The monoisotopic (exact) mass is 426 g/mol. The van der Waals surface area contributed by atoms with Crippen LogP contribution in [-0.2, 0) is 16.4 Å². The molecule has 0 aliphatic carbocycles. The topological polar surface area (TPSA) is 105 Å². The smallest absolute Gasteiger partial charge is 0.255 e. The molecule has 1 saturated heterocycles. The van der Waals surface area contributed by atoms with Gasteiger partial charge in [0.25, 0.3) is 5.91 Å². The molecule has 1 aromatic heterocycles. The Labute approximate surface area is 174 Å². The number of nitrogens with zero attached hydrogens (tertiary/aromatic N) is 3. The molecule has 1 amide bonds. The van der Waals surface area contributed by atoms with E-state index in [0.717, 1.165) is 11.1 Å². The van der Waals surface area contributed by atoms with Gasteiger partial charge >= 0.3 is 0 Å². The second-order valence-electron chi connectivity index (χ2n) is 7.30. The van der Waals surface area contributed by atoms with Crippen molar-refractivity contribution in [3.63, 3.8) is 0 Å². The van der Waals surface area contributed by atoms with Gasteiger partial charge in [0, 0.05) is 43.4 Å². The van der Waals surface area contributed by atoms with Gasteiger partial charge in [0.15, 0.2) is 9.84 Å². The molecule has 30 heavy (non-hydrogen) atoms. The third-order valence-electron chi connectivity index (χ3n) is 4.96. The van der Waals surface area contributed by atoms with Gasteiger partial charge in [0.2, 0.25) is 11.7 Å². The minimum atomic E-state index is -2.90. The summed E-state index contributed by atoms with van der Waals surface area (Å²) in [6.07, 6.45) is 0. The summed E-state index contributed by atoms with van der Waals surface area (Å²) in [6, 6.07) is 14.6. The lowest BCUT2D eigenvalue weighted by Gasteiger charge is -2.26. The van der Waals surface area contributed by atoms with Crippen LogP contribution in [-0.4, -0.2) is 54.0 Å². The molecule has 0 atom stereocenters. The average Bonchev–Trinajstić information content (AvgIpc) is 3.17. The molecular weight excluding hydrogens is 404 g/mol. The van der Waals surface area contributed by atoms with Crippen LogP contribution in [0.25, 0.3) is 11.4 Å². The van der Waals surface area contributed by atoms with Crippen molar-refractivity contribution in [1.82, 2.24) is 15.0 Å². The summed E-state index contributed by atoms with van der Waals surface area (Å²) >= 11 is 0. The zero-order valence-electron chi connectivity index (χ0n) is 16.5. The van der Waals surface area contributed by atoms with Crippen molar-refractivity contribution in [1.29, 1.82) is 0 Å². The summed E-state index contributed by atoms with van der Waals surface area (Å²) in [5, 5.41) is 6.77. The summed E-state index contributed by atoms with van der Waals surface area (Å²) in [7, 11) is -2.90. The Morgan fingerprint density at radius 3 is 2.53 bits per heavy atom. The predicted molar refractivity (Wildman–Crippen MR) is 113 cm³/mol. The molecule has 0 spiro atoms. The molecule has 0 saturated carbocycles. The number of nitrogens with one attached hydrogen (secondary N) is 1. The maximum atomic E-state index is 12.7. The van der Waals surface area contributed by atoms with Crippen LogP contribution < -0.4 is 5.32 Å². The molecule has 8 nitrogen and oxygen atoms in total. The Balaban J connectivity index is 1.39. The minimum Gasteiger partial charge on any atom is -0.339 e. The van der Waals surface area contributed by atoms with Crippen LogP contribution in [0.5, 0.6) is 0 Å². The third kappa shape index (κ3) is 4.92. The Hall–Kier alpha value is -3.04. The van der Waals surface area contributed by atoms with Crippen LogP contribution >= 0.6 is 0 Å². The van der Waals surface area contributed by atoms with E-state index in [1.165, 1.54) is 0 Å². The van der Waals surface area contributed by atoms with Gasteiger partial charge in [0.1, 0.15) is 0 Å². The van der Waals surface area contributed by atoms with Gasteiger partial charge in [-0.15, -0.1) is 0 Å². The lowest BCUT2D eigenvalue weighted by atomic mass is 10.1. The van der Waals surface area contributed by atoms with E-state index >= 15 is 0 Å². The van der Waals surface area contributed by atoms with Crippen molar-refractivity contribution >= 4 is 21.4 Å². The number of carbonyl (C=O) groups excluding carboxylic acids is 1. The molecule has 2 heterocycles. The Morgan fingerprint density at radius 2 is 1.87 bits per heavy atom. The van der Waals surface area contributed by atoms with E-state index < -0.39 is 9.84 Å². The highest BCUT2D eigenvalue weighted by Gasteiger charge is 2.21. The minimum absolute atomic E-state index is 0.187. The molecule has 4 rings (SSSR count). The van der Waals surface area contributed by atoms with E-state index in [0.29, 0.717) is 42.6 Å². The number of sulfone groups is 1. The molecule has 1 fully saturated rings. The number of hydrogen-bond acceptors (Lipinski definition) is 7. The second-order valence-corrected chi connectivity index (χ2v) is 9.60. The number of aromatic nitrogens is 2. The normalized spacial score (nSPS) is 16.3. The van der Waals surface area contributed by atoms with Crippen molar-refractivity contribution in [2.75, 3.05) is 29.9 Å². The molecular formula is C21H22N4O4S. The summed E-state index contributed by atoms with van der Waals surface area (Å²) in [5.74, 6) is 1.16. The van der Waals surface area contributed by atoms with Gasteiger partial charge in [-0.1, -0.05) is 17.3 Å². The summed E-state index contributed by atoms with van der Waals surface area (Å²) in [5.41, 5.74) is 2.99. The number of amides is 1. The standard InChI is InChI=1S/C21H22N4O4S/c1-15-22-20(24-29-15)17-5-7-19(8-6-17)23-21(26)18-4-2-3-16(13-18)14-25-9-11-30(27,28)12-10-25/h2-8,13H,9-12,14H2,1H3,(H,23,26). The van der Waals surface area contributed by atoms with Crippen LogP contribution in [0.1, 0.15) is 21.8 Å². The van der Waals surface area contributed by atoms with Crippen LogP contribution in [0.2, 0.25) is 0 Å².